The maximum absolute atomic E-state index is 12.5. The van der Waals surface area contributed by atoms with E-state index in [1.165, 1.54) is 0 Å². The molecule has 11 heavy (non-hydrogen) atoms. The molecular formula is C7H12F2O2. The molecule has 1 atom stereocenters. The van der Waals surface area contributed by atoms with Gasteiger partial charge in [-0.1, -0.05) is 0 Å². The van der Waals surface area contributed by atoms with Crippen molar-refractivity contribution < 1.29 is 18.3 Å². The van der Waals surface area contributed by atoms with Crippen LogP contribution in [0.3, 0.4) is 0 Å². The Morgan fingerprint density at radius 2 is 2.27 bits per heavy atom. The Hall–Kier alpha value is -0.670. The van der Waals surface area contributed by atoms with Gasteiger partial charge < -0.3 is 4.74 Å². The molecule has 0 aliphatic rings. The molecule has 0 amide bonds. The molecule has 0 aromatic rings. The maximum Gasteiger partial charge on any atom is 0.340 e. The molecule has 0 aliphatic heterocycles. The summed E-state index contributed by atoms with van der Waals surface area (Å²) in [6, 6.07) is 0. The van der Waals surface area contributed by atoms with Crippen LogP contribution in [0.15, 0.2) is 0 Å². The summed E-state index contributed by atoms with van der Waals surface area (Å²) in [6.07, 6.45) is -1.68. The van der Waals surface area contributed by atoms with Crippen molar-refractivity contribution in [3.63, 3.8) is 0 Å². The first-order chi connectivity index (χ1) is 5.22. The van der Waals surface area contributed by atoms with Crippen molar-refractivity contribution in [1.82, 2.24) is 0 Å². The van der Waals surface area contributed by atoms with Crippen molar-refractivity contribution in [2.45, 2.75) is 25.9 Å². The molecule has 0 N–H and O–H groups in total. The van der Waals surface area contributed by atoms with Gasteiger partial charge in [0.2, 0.25) is 0 Å². The third-order valence-electron chi connectivity index (χ3n) is 1.13. The Bertz CT molecular complexity index is 117. The van der Waals surface area contributed by atoms with Gasteiger partial charge in [-0.05, 0) is 19.8 Å². The highest BCUT2D eigenvalue weighted by Crippen LogP contribution is 2.04. The van der Waals surface area contributed by atoms with Gasteiger partial charge in [0.25, 0.3) is 0 Å². The summed E-state index contributed by atoms with van der Waals surface area (Å²) in [5.41, 5.74) is 0. The van der Waals surface area contributed by atoms with Crippen molar-refractivity contribution in [2.75, 3.05) is 13.3 Å². The minimum absolute atomic E-state index is 0.0694. The Balaban J connectivity index is 3.46. The highest BCUT2D eigenvalue weighted by atomic mass is 19.1. The topological polar surface area (TPSA) is 26.3 Å². The van der Waals surface area contributed by atoms with Gasteiger partial charge >= 0.3 is 5.97 Å². The molecule has 0 radical (unpaired) electrons. The van der Waals surface area contributed by atoms with Gasteiger partial charge in [-0.2, -0.15) is 0 Å². The third-order valence-corrected chi connectivity index (χ3v) is 1.13. The molecule has 0 fully saturated rings. The standard InChI is InChI=1S/C7H12F2O2/c1-2-11-7(10)6(9)4-3-5-8/h6H,2-5H2,1H3. The van der Waals surface area contributed by atoms with Crippen LogP contribution in [0.25, 0.3) is 0 Å². The van der Waals surface area contributed by atoms with Gasteiger partial charge in [0.1, 0.15) is 0 Å². The zero-order chi connectivity index (χ0) is 8.69. The molecule has 0 heterocycles. The van der Waals surface area contributed by atoms with Crippen molar-refractivity contribution in [1.29, 1.82) is 0 Å². The average molecular weight is 166 g/mol. The summed E-state index contributed by atoms with van der Waals surface area (Å²) < 4.78 is 28.4. The van der Waals surface area contributed by atoms with E-state index in [9.17, 15) is 13.6 Å². The Morgan fingerprint density at radius 3 is 2.73 bits per heavy atom. The number of ether oxygens (including phenoxy) is 1. The van der Waals surface area contributed by atoms with Gasteiger partial charge in [0, 0.05) is 0 Å². The van der Waals surface area contributed by atoms with Crippen molar-refractivity contribution in [2.24, 2.45) is 0 Å². The predicted molar refractivity (Wildman–Crippen MR) is 36.7 cm³/mol. The minimum atomic E-state index is -1.66. The number of halogens is 2. The molecule has 1 unspecified atom stereocenters. The number of hydrogen-bond donors (Lipinski definition) is 0. The summed E-state index contributed by atoms with van der Waals surface area (Å²) in [7, 11) is 0. The van der Waals surface area contributed by atoms with E-state index in [0.29, 0.717) is 0 Å². The molecule has 0 saturated heterocycles. The van der Waals surface area contributed by atoms with Gasteiger partial charge in [-0.3, -0.25) is 4.39 Å². The zero-order valence-corrected chi connectivity index (χ0v) is 6.48. The van der Waals surface area contributed by atoms with E-state index in [-0.39, 0.29) is 19.4 Å². The van der Waals surface area contributed by atoms with Crippen molar-refractivity contribution in [3.05, 3.63) is 0 Å². The average Bonchev–Trinajstić information content (AvgIpc) is 2.00. The fraction of sp³-hybridized carbons (Fsp3) is 0.857. The minimum Gasteiger partial charge on any atom is -0.464 e. The van der Waals surface area contributed by atoms with Crippen LogP contribution in [0.1, 0.15) is 19.8 Å². The molecule has 66 valence electrons. The SMILES string of the molecule is CCOC(=O)C(F)CCCF. The largest absolute Gasteiger partial charge is 0.464 e. The molecule has 0 saturated carbocycles. The number of rotatable bonds is 5. The van der Waals surface area contributed by atoms with E-state index in [1.54, 1.807) is 6.92 Å². The Morgan fingerprint density at radius 1 is 1.64 bits per heavy atom. The first-order valence-corrected chi connectivity index (χ1v) is 3.59. The molecule has 0 bridgehead atoms. The second-order valence-corrected chi connectivity index (χ2v) is 2.05. The quantitative estimate of drug-likeness (QED) is 0.580. The molecule has 0 spiro atoms. The number of alkyl halides is 2. The zero-order valence-electron chi connectivity index (χ0n) is 6.48. The van der Waals surface area contributed by atoms with Crippen LogP contribution < -0.4 is 0 Å². The van der Waals surface area contributed by atoms with E-state index in [2.05, 4.69) is 4.74 Å². The lowest BCUT2D eigenvalue weighted by atomic mass is 10.2. The molecular weight excluding hydrogens is 154 g/mol. The monoisotopic (exact) mass is 166 g/mol. The number of carbonyl (C=O) groups excluding carboxylic acids is 1. The van der Waals surface area contributed by atoms with Crippen LogP contribution in [-0.4, -0.2) is 25.4 Å². The summed E-state index contributed by atoms with van der Waals surface area (Å²) in [4.78, 5) is 10.5. The maximum atomic E-state index is 12.5. The second kappa shape index (κ2) is 6.07. The van der Waals surface area contributed by atoms with Crippen LogP contribution in [-0.2, 0) is 9.53 Å². The molecule has 0 aromatic heterocycles. The summed E-state index contributed by atoms with van der Waals surface area (Å²) in [5.74, 6) is -0.888. The number of esters is 1. The van der Waals surface area contributed by atoms with E-state index >= 15 is 0 Å². The third kappa shape index (κ3) is 4.70. The number of carbonyl (C=O) groups is 1. The highest BCUT2D eigenvalue weighted by Gasteiger charge is 2.17. The summed E-state index contributed by atoms with van der Waals surface area (Å²) in [6.45, 7) is 1.16. The van der Waals surface area contributed by atoms with Crippen LogP contribution in [0.5, 0.6) is 0 Å². The Labute approximate surface area is 64.5 Å². The van der Waals surface area contributed by atoms with Crippen LogP contribution in [0.4, 0.5) is 8.78 Å². The van der Waals surface area contributed by atoms with E-state index in [0.717, 1.165) is 0 Å². The van der Waals surface area contributed by atoms with Crippen molar-refractivity contribution in [3.8, 4) is 0 Å². The molecule has 0 rings (SSSR count). The number of hydrogen-bond acceptors (Lipinski definition) is 2. The van der Waals surface area contributed by atoms with E-state index in [1.807, 2.05) is 0 Å². The van der Waals surface area contributed by atoms with Crippen LogP contribution in [0, 0.1) is 0 Å². The molecule has 0 aromatic carbocycles. The van der Waals surface area contributed by atoms with Gasteiger partial charge in [-0.15, -0.1) is 0 Å². The Kier molecular flexibility index (Phi) is 5.70. The highest BCUT2D eigenvalue weighted by molar-refractivity contribution is 5.74. The first-order valence-electron chi connectivity index (χ1n) is 3.59. The van der Waals surface area contributed by atoms with Crippen LogP contribution >= 0.6 is 0 Å². The molecule has 4 heteroatoms. The second-order valence-electron chi connectivity index (χ2n) is 2.05. The predicted octanol–water partition coefficient (Wildman–Crippen LogP) is 1.64. The normalized spacial score (nSPS) is 12.6. The lowest BCUT2D eigenvalue weighted by molar-refractivity contribution is -0.149. The lowest BCUT2D eigenvalue weighted by Gasteiger charge is -2.04. The van der Waals surface area contributed by atoms with Gasteiger partial charge in [0.15, 0.2) is 6.17 Å². The fourth-order valence-corrected chi connectivity index (χ4v) is 0.607. The van der Waals surface area contributed by atoms with Crippen LogP contribution in [0.2, 0.25) is 0 Å². The fourth-order valence-electron chi connectivity index (χ4n) is 0.607. The summed E-state index contributed by atoms with van der Waals surface area (Å²) >= 11 is 0. The molecule has 2 nitrogen and oxygen atoms in total. The van der Waals surface area contributed by atoms with E-state index in [4.69, 9.17) is 0 Å². The van der Waals surface area contributed by atoms with Gasteiger partial charge in [-0.25, -0.2) is 9.18 Å². The van der Waals surface area contributed by atoms with E-state index < -0.39 is 18.8 Å². The molecule has 0 aliphatic carbocycles. The summed E-state index contributed by atoms with van der Waals surface area (Å²) in [5, 5.41) is 0. The van der Waals surface area contributed by atoms with Gasteiger partial charge in [0.05, 0.1) is 13.3 Å². The van der Waals surface area contributed by atoms with Crippen molar-refractivity contribution >= 4 is 5.97 Å². The smallest absolute Gasteiger partial charge is 0.340 e. The lowest BCUT2D eigenvalue weighted by Crippen LogP contribution is -2.18. The first kappa shape index (κ1) is 10.3.